The molecule has 4 aliphatic rings. The number of piperidine rings is 1. The van der Waals surface area contributed by atoms with Gasteiger partial charge in [-0.2, -0.15) is 0 Å². The number of likely N-dealkylation sites (tertiary alicyclic amines) is 2. The highest BCUT2D eigenvalue weighted by Crippen LogP contribution is 2.42. The maximum absolute atomic E-state index is 12.6. The molecular formula is C35H52Cl3N7O4. The molecule has 49 heavy (non-hydrogen) atoms. The number of anilines is 1. The van der Waals surface area contributed by atoms with Gasteiger partial charge in [0.2, 0.25) is 0 Å². The standard InChI is InChI=1S/C17H25ClN4O2.C14H25NO2.C4H2Cl2N2/c1-16(2,3)24-15(23)22-10-4-7-17(22)8-11-21(12-9-17)14-6-5-13(18)19-20-14;1-13(2,3)17-12(16)15-11-7-10-14(15)8-5-4-6-9-14;5-3-1-2-4(6)8-7-3/h5-6H,4,7-12H2,1-3H3;4-11H2,1-3H3;1-2H. The highest BCUT2D eigenvalue weighted by atomic mass is 35.5. The topological polar surface area (TPSA) is 114 Å². The van der Waals surface area contributed by atoms with Gasteiger partial charge in [-0.1, -0.05) is 54.1 Å². The first kappa shape index (κ1) is 39.2. The van der Waals surface area contributed by atoms with Gasteiger partial charge < -0.3 is 24.2 Å². The number of rotatable bonds is 1. The first-order chi connectivity index (χ1) is 23.0. The lowest BCUT2D eigenvalue weighted by Crippen LogP contribution is -2.55. The van der Waals surface area contributed by atoms with Crippen LogP contribution in [0.5, 0.6) is 0 Å². The Morgan fingerprint density at radius 3 is 1.35 bits per heavy atom. The van der Waals surface area contributed by atoms with Gasteiger partial charge in [0, 0.05) is 37.3 Å². The average Bonchev–Trinajstić information content (AvgIpc) is 3.63. The van der Waals surface area contributed by atoms with Crippen LogP contribution in [0, 0.1) is 0 Å². The third kappa shape index (κ3) is 11.2. The molecule has 0 unspecified atom stereocenters. The Kier molecular flexibility index (Phi) is 13.3. The van der Waals surface area contributed by atoms with Gasteiger partial charge >= 0.3 is 12.2 Å². The van der Waals surface area contributed by atoms with Crippen LogP contribution in [0.15, 0.2) is 24.3 Å². The first-order valence-electron chi connectivity index (χ1n) is 17.4. The molecule has 2 amide bonds. The number of carbonyl (C=O) groups excluding carboxylic acids is 2. The normalized spacial score (nSPS) is 19.9. The van der Waals surface area contributed by atoms with Gasteiger partial charge in [0.1, 0.15) is 11.2 Å². The molecule has 1 aliphatic carbocycles. The lowest BCUT2D eigenvalue weighted by atomic mass is 9.80. The SMILES string of the molecule is CC(C)(C)OC(=O)N1CCCC12CCCCC2.CC(C)(C)OC(=O)N1CCCC12CCN(c1ccc(Cl)nn1)CC2.Clc1ccc(Cl)nn1. The number of nitrogens with zero attached hydrogens (tertiary/aromatic N) is 7. The van der Waals surface area contributed by atoms with Crippen molar-refractivity contribution in [3.05, 3.63) is 39.7 Å². The highest BCUT2D eigenvalue weighted by Gasteiger charge is 2.47. The summed E-state index contributed by atoms with van der Waals surface area (Å²) in [5.41, 5.74) is -0.769. The number of hydrogen-bond donors (Lipinski definition) is 0. The molecule has 0 atom stereocenters. The molecule has 0 bridgehead atoms. The summed E-state index contributed by atoms with van der Waals surface area (Å²) in [6.07, 6.45) is 12.2. The van der Waals surface area contributed by atoms with Crippen molar-refractivity contribution >= 4 is 52.8 Å². The van der Waals surface area contributed by atoms with Crippen molar-refractivity contribution in [3.8, 4) is 0 Å². The van der Waals surface area contributed by atoms with E-state index in [9.17, 15) is 9.59 Å². The van der Waals surface area contributed by atoms with Gasteiger partial charge in [0.05, 0.1) is 0 Å². The van der Waals surface area contributed by atoms with Crippen LogP contribution in [-0.2, 0) is 9.47 Å². The van der Waals surface area contributed by atoms with E-state index < -0.39 is 5.60 Å². The van der Waals surface area contributed by atoms with E-state index in [0.717, 1.165) is 64.1 Å². The minimum absolute atomic E-state index is 0.0707. The van der Waals surface area contributed by atoms with Crippen molar-refractivity contribution in [1.82, 2.24) is 30.2 Å². The van der Waals surface area contributed by atoms with Crippen molar-refractivity contribution in [2.24, 2.45) is 0 Å². The van der Waals surface area contributed by atoms with Crippen LogP contribution in [0.1, 0.15) is 112 Å². The van der Waals surface area contributed by atoms with Crippen molar-refractivity contribution in [1.29, 1.82) is 0 Å². The fourth-order valence-electron chi connectivity index (χ4n) is 7.26. The third-order valence-electron chi connectivity index (χ3n) is 9.44. The van der Waals surface area contributed by atoms with Crippen LogP contribution in [0.2, 0.25) is 15.5 Å². The molecule has 4 fully saturated rings. The van der Waals surface area contributed by atoms with E-state index in [1.54, 1.807) is 18.2 Å². The molecule has 3 saturated heterocycles. The summed E-state index contributed by atoms with van der Waals surface area (Å²) in [5, 5.41) is 16.1. The fraction of sp³-hybridized carbons (Fsp3) is 0.714. The van der Waals surface area contributed by atoms with Gasteiger partial charge in [-0.05, 0) is 117 Å². The van der Waals surface area contributed by atoms with E-state index in [2.05, 4.69) is 25.3 Å². The van der Waals surface area contributed by atoms with Gasteiger partial charge in [0.15, 0.2) is 21.3 Å². The second-order valence-corrected chi connectivity index (χ2v) is 16.5. The van der Waals surface area contributed by atoms with E-state index in [4.69, 9.17) is 44.3 Å². The van der Waals surface area contributed by atoms with Crippen LogP contribution in [-0.4, -0.2) is 90.8 Å². The minimum Gasteiger partial charge on any atom is -0.444 e. The molecule has 3 aliphatic heterocycles. The summed E-state index contributed by atoms with van der Waals surface area (Å²) < 4.78 is 11.1. The zero-order valence-corrected chi connectivity index (χ0v) is 32.1. The van der Waals surface area contributed by atoms with E-state index in [0.29, 0.717) is 15.5 Å². The van der Waals surface area contributed by atoms with Crippen LogP contribution in [0.3, 0.4) is 0 Å². The Labute approximate surface area is 306 Å². The molecule has 1 saturated carbocycles. The molecule has 2 aromatic heterocycles. The summed E-state index contributed by atoms with van der Waals surface area (Å²) in [7, 11) is 0. The molecule has 14 heteroatoms. The van der Waals surface area contributed by atoms with Crippen molar-refractivity contribution in [3.63, 3.8) is 0 Å². The Bertz CT molecular complexity index is 1350. The van der Waals surface area contributed by atoms with Crippen LogP contribution in [0.25, 0.3) is 0 Å². The summed E-state index contributed by atoms with van der Waals surface area (Å²) in [5.74, 6) is 0.844. The molecular weight excluding hydrogens is 689 g/mol. The van der Waals surface area contributed by atoms with E-state index in [-0.39, 0.29) is 28.9 Å². The first-order valence-corrected chi connectivity index (χ1v) is 18.5. The third-order valence-corrected chi connectivity index (χ3v) is 10.0. The minimum atomic E-state index is -0.458. The van der Waals surface area contributed by atoms with Gasteiger partial charge in [-0.25, -0.2) is 9.59 Å². The summed E-state index contributed by atoms with van der Waals surface area (Å²) in [6, 6.07) is 6.82. The molecule has 2 spiro atoms. The zero-order chi connectivity index (χ0) is 35.9. The molecule has 0 N–H and O–H groups in total. The summed E-state index contributed by atoms with van der Waals surface area (Å²) >= 11 is 16.6. The predicted molar refractivity (Wildman–Crippen MR) is 193 cm³/mol. The number of hydrogen-bond acceptors (Lipinski definition) is 9. The Morgan fingerprint density at radius 1 is 0.571 bits per heavy atom. The highest BCUT2D eigenvalue weighted by molar-refractivity contribution is 6.31. The second kappa shape index (κ2) is 16.6. The van der Waals surface area contributed by atoms with Crippen LogP contribution < -0.4 is 4.90 Å². The number of aromatic nitrogens is 4. The maximum Gasteiger partial charge on any atom is 0.410 e. The number of amides is 2. The lowest BCUT2D eigenvalue weighted by Gasteiger charge is -2.45. The fourth-order valence-corrected chi connectivity index (χ4v) is 7.56. The van der Waals surface area contributed by atoms with Crippen molar-refractivity contribution < 1.29 is 19.1 Å². The Morgan fingerprint density at radius 2 is 0.959 bits per heavy atom. The van der Waals surface area contributed by atoms with E-state index in [1.165, 1.54) is 38.5 Å². The van der Waals surface area contributed by atoms with Gasteiger partial charge in [-0.3, -0.25) is 0 Å². The lowest BCUT2D eigenvalue weighted by molar-refractivity contribution is 0.000155. The van der Waals surface area contributed by atoms with E-state index >= 15 is 0 Å². The molecule has 6 rings (SSSR count). The zero-order valence-electron chi connectivity index (χ0n) is 29.8. The van der Waals surface area contributed by atoms with Gasteiger partial charge in [-0.15, -0.1) is 20.4 Å². The monoisotopic (exact) mass is 739 g/mol. The summed E-state index contributed by atoms with van der Waals surface area (Å²) in [4.78, 5) is 31.0. The Balaban J connectivity index is 0.000000187. The smallest absolute Gasteiger partial charge is 0.410 e. The molecule has 5 heterocycles. The summed E-state index contributed by atoms with van der Waals surface area (Å²) in [6.45, 7) is 14.9. The maximum atomic E-state index is 12.6. The largest absolute Gasteiger partial charge is 0.444 e. The number of halogens is 3. The Hall–Kier alpha value is -2.63. The molecule has 2 aromatic rings. The molecule has 11 nitrogen and oxygen atoms in total. The van der Waals surface area contributed by atoms with Crippen molar-refractivity contribution in [2.75, 3.05) is 31.1 Å². The predicted octanol–water partition coefficient (Wildman–Crippen LogP) is 9.00. The van der Waals surface area contributed by atoms with Crippen LogP contribution in [0.4, 0.5) is 15.4 Å². The molecule has 0 radical (unpaired) electrons. The van der Waals surface area contributed by atoms with Crippen molar-refractivity contribution in [2.45, 2.75) is 134 Å². The quantitative estimate of drug-likeness (QED) is 0.283. The van der Waals surface area contributed by atoms with Crippen LogP contribution >= 0.6 is 34.8 Å². The molecule has 0 aromatic carbocycles. The second-order valence-electron chi connectivity index (χ2n) is 15.4. The molecule has 272 valence electrons. The van der Waals surface area contributed by atoms with Gasteiger partial charge in [0.25, 0.3) is 0 Å². The number of carbonyl (C=O) groups is 2. The number of ether oxygens (including phenoxy) is 2. The van der Waals surface area contributed by atoms with E-state index in [1.807, 2.05) is 57.4 Å². The average molecular weight is 741 g/mol.